The van der Waals surface area contributed by atoms with Crippen LogP contribution < -0.4 is 5.32 Å². The third-order valence-electron chi connectivity index (χ3n) is 3.27. The summed E-state index contributed by atoms with van der Waals surface area (Å²) in [4.78, 5) is 21.2. The first-order valence-electron chi connectivity index (χ1n) is 7.69. The van der Waals surface area contributed by atoms with E-state index in [0.29, 0.717) is 6.42 Å². The quantitative estimate of drug-likeness (QED) is 0.707. The zero-order valence-electron chi connectivity index (χ0n) is 13.9. The van der Waals surface area contributed by atoms with Crippen molar-refractivity contribution < 1.29 is 14.7 Å². The second-order valence-corrected chi connectivity index (χ2v) is 5.93. The average Bonchev–Trinajstić information content (AvgIpc) is 2.63. The van der Waals surface area contributed by atoms with Crippen LogP contribution in [0.1, 0.15) is 11.1 Å². The molecule has 0 saturated carbocycles. The van der Waals surface area contributed by atoms with Gasteiger partial charge in [-0.15, -0.1) is 23.2 Å². The number of aliphatic carboxylic acids is 1. The molecule has 1 atom stereocenters. The summed E-state index contributed by atoms with van der Waals surface area (Å²) >= 11 is 10.0. The van der Waals surface area contributed by atoms with Gasteiger partial charge < -0.3 is 10.4 Å². The predicted octanol–water partition coefficient (Wildman–Crippen LogP) is 4.14. The highest BCUT2D eigenvalue weighted by Crippen LogP contribution is 2.13. The maximum atomic E-state index is 11.3. The monoisotopic (exact) mass is 381 g/mol. The fraction of sp³-hybridized carbons (Fsp3) is 0.263. The molecule has 1 unspecified atom stereocenters. The Balaban J connectivity index is 0.000000450. The van der Waals surface area contributed by atoms with E-state index in [1.165, 1.54) is 0 Å². The van der Waals surface area contributed by atoms with E-state index in [4.69, 9.17) is 23.2 Å². The fourth-order valence-corrected chi connectivity index (χ4v) is 2.22. The number of aryl methyl sites for hydroxylation is 1. The molecule has 0 aliphatic carbocycles. The van der Waals surface area contributed by atoms with Gasteiger partial charge in [0.05, 0.1) is 11.8 Å². The molecule has 0 amide bonds. The van der Waals surface area contributed by atoms with E-state index < -0.39 is 12.0 Å². The number of benzene rings is 2. The van der Waals surface area contributed by atoms with E-state index in [0.717, 1.165) is 16.8 Å². The van der Waals surface area contributed by atoms with Crippen LogP contribution in [0.5, 0.6) is 0 Å². The summed E-state index contributed by atoms with van der Waals surface area (Å²) in [6, 6.07) is 16.7. The van der Waals surface area contributed by atoms with Gasteiger partial charge in [0.1, 0.15) is 6.04 Å². The lowest BCUT2D eigenvalue weighted by atomic mass is 10.1. The minimum Gasteiger partial charge on any atom is -0.480 e. The Labute approximate surface area is 157 Å². The first kappa shape index (κ1) is 21.0. The minimum atomic E-state index is -0.843. The number of hydrogen-bond acceptors (Lipinski definition) is 3. The molecule has 2 aromatic carbocycles. The Morgan fingerprint density at radius 1 is 1.00 bits per heavy atom. The van der Waals surface area contributed by atoms with Gasteiger partial charge in [-0.3, -0.25) is 4.79 Å². The van der Waals surface area contributed by atoms with Gasteiger partial charge in [0.15, 0.2) is 5.78 Å². The number of ketones is 1. The van der Waals surface area contributed by atoms with Crippen LogP contribution in [0.2, 0.25) is 0 Å². The lowest BCUT2D eigenvalue weighted by Crippen LogP contribution is -2.31. The maximum Gasteiger partial charge on any atom is 0.326 e. The molecule has 2 aromatic rings. The molecule has 2 rings (SSSR count). The van der Waals surface area contributed by atoms with Gasteiger partial charge in [-0.2, -0.15) is 0 Å². The van der Waals surface area contributed by atoms with Crippen LogP contribution in [-0.4, -0.2) is 34.7 Å². The number of nitrogens with one attached hydrogen (secondary N) is 1. The SMILES string of the molecule is Cc1ccc(NC(Cc2ccccc2)C(=O)O)cc1.O=C(CCl)CCl. The van der Waals surface area contributed by atoms with Crippen molar-refractivity contribution in [2.45, 2.75) is 19.4 Å². The van der Waals surface area contributed by atoms with Gasteiger partial charge in [-0.25, -0.2) is 4.79 Å². The molecule has 0 aromatic heterocycles. The van der Waals surface area contributed by atoms with Crippen molar-refractivity contribution in [1.29, 1.82) is 0 Å². The van der Waals surface area contributed by atoms with E-state index in [1.807, 2.05) is 61.5 Å². The van der Waals surface area contributed by atoms with E-state index in [2.05, 4.69) is 5.32 Å². The molecule has 0 bridgehead atoms. The number of rotatable bonds is 7. The van der Waals surface area contributed by atoms with Gasteiger partial charge >= 0.3 is 5.97 Å². The zero-order chi connectivity index (χ0) is 18.7. The molecule has 0 radical (unpaired) electrons. The second kappa shape index (κ2) is 11.5. The summed E-state index contributed by atoms with van der Waals surface area (Å²) in [7, 11) is 0. The van der Waals surface area contributed by atoms with Crippen molar-refractivity contribution in [2.75, 3.05) is 17.1 Å². The summed E-state index contributed by atoms with van der Waals surface area (Å²) in [6.45, 7) is 2.00. The standard InChI is InChI=1S/C16H17NO2.C3H4Cl2O/c1-12-7-9-14(10-8-12)17-15(16(18)19)11-13-5-3-2-4-6-13;4-1-3(6)2-5/h2-10,15,17H,11H2,1H3,(H,18,19);1-2H2. The normalized spacial score (nSPS) is 11.0. The molecular formula is C19H21Cl2NO3. The molecule has 0 fully saturated rings. The van der Waals surface area contributed by atoms with Gasteiger partial charge in [0, 0.05) is 12.1 Å². The topological polar surface area (TPSA) is 66.4 Å². The van der Waals surface area contributed by atoms with Gasteiger partial charge in [-0.1, -0.05) is 48.0 Å². The van der Waals surface area contributed by atoms with Crippen LogP contribution in [0.4, 0.5) is 5.69 Å². The summed E-state index contributed by atoms with van der Waals surface area (Å²) in [6.07, 6.45) is 0.462. The van der Waals surface area contributed by atoms with Crippen molar-refractivity contribution in [3.8, 4) is 0 Å². The Hall–Kier alpha value is -2.04. The molecule has 0 aliphatic rings. The van der Waals surface area contributed by atoms with Crippen LogP contribution in [0.15, 0.2) is 54.6 Å². The Morgan fingerprint density at radius 2 is 1.56 bits per heavy atom. The number of alkyl halides is 2. The van der Waals surface area contributed by atoms with E-state index in [-0.39, 0.29) is 17.5 Å². The molecule has 6 heteroatoms. The van der Waals surface area contributed by atoms with Crippen LogP contribution >= 0.6 is 23.2 Å². The van der Waals surface area contributed by atoms with E-state index in [1.54, 1.807) is 0 Å². The second-order valence-electron chi connectivity index (χ2n) is 5.40. The van der Waals surface area contributed by atoms with Crippen LogP contribution in [-0.2, 0) is 16.0 Å². The number of Topliss-reactive ketones (excluding diaryl/α,β-unsaturated/α-hetero) is 1. The minimum absolute atomic E-state index is 0.0312. The van der Waals surface area contributed by atoms with Crippen molar-refractivity contribution >= 4 is 40.6 Å². The van der Waals surface area contributed by atoms with Crippen molar-refractivity contribution in [3.05, 3.63) is 65.7 Å². The molecule has 4 nitrogen and oxygen atoms in total. The van der Waals surface area contributed by atoms with Crippen LogP contribution in [0.25, 0.3) is 0 Å². The number of carbonyl (C=O) groups is 2. The Morgan fingerprint density at radius 3 is 2.00 bits per heavy atom. The molecule has 0 aliphatic heterocycles. The van der Waals surface area contributed by atoms with E-state index in [9.17, 15) is 14.7 Å². The summed E-state index contributed by atoms with van der Waals surface area (Å²) in [5.41, 5.74) is 2.99. The van der Waals surface area contributed by atoms with Gasteiger partial charge in [-0.05, 0) is 24.6 Å². The molecule has 0 heterocycles. The fourth-order valence-electron chi connectivity index (χ4n) is 1.94. The molecule has 0 spiro atoms. The first-order chi connectivity index (χ1) is 12.0. The number of carbonyl (C=O) groups excluding carboxylic acids is 1. The lowest BCUT2D eigenvalue weighted by Gasteiger charge is -2.16. The Bertz CT molecular complexity index is 654. The summed E-state index contributed by atoms with van der Waals surface area (Å²) in [5.74, 6) is -0.907. The van der Waals surface area contributed by atoms with Gasteiger partial charge in [0.25, 0.3) is 0 Å². The predicted molar refractivity (Wildman–Crippen MR) is 103 cm³/mol. The third kappa shape index (κ3) is 8.57. The number of carboxylic acid groups (broad SMARTS) is 1. The highest BCUT2D eigenvalue weighted by Gasteiger charge is 2.17. The third-order valence-corrected chi connectivity index (χ3v) is 3.87. The first-order valence-corrected chi connectivity index (χ1v) is 8.76. The Kier molecular flexibility index (Phi) is 9.66. The van der Waals surface area contributed by atoms with Crippen LogP contribution in [0.3, 0.4) is 0 Å². The van der Waals surface area contributed by atoms with Crippen molar-refractivity contribution in [3.63, 3.8) is 0 Å². The van der Waals surface area contributed by atoms with Crippen molar-refractivity contribution in [1.82, 2.24) is 0 Å². The summed E-state index contributed by atoms with van der Waals surface area (Å²) in [5, 5.41) is 12.3. The molecule has 25 heavy (non-hydrogen) atoms. The molecule has 0 saturated heterocycles. The van der Waals surface area contributed by atoms with Gasteiger partial charge in [0.2, 0.25) is 0 Å². The van der Waals surface area contributed by atoms with Crippen LogP contribution in [0, 0.1) is 6.92 Å². The highest BCUT2D eigenvalue weighted by molar-refractivity contribution is 6.35. The highest BCUT2D eigenvalue weighted by atomic mass is 35.5. The zero-order valence-corrected chi connectivity index (χ0v) is 15.4. The number of halogens is 2. The number of anilines is 1. The number of carboxylic acids is 1. The maximum absolute atomic E-state index is 11.3. The van der Waals surface area contributed by atoms with E-state index >= 15 is 0 Å². The largest absolute Gasteiger partial charge is 0.480 e. The number of hydrogen-bond donors (Lipinski definition) is 2. The smallest absolute Gasteiger partial charge is 0.326 e. The van der Waals surface area contributed by atoms with Crippen molar-refractivity contribution in [2.24, 2.45) is 0 Å². The molecule has 134 valence electrons. The average molecular weight is 382 g/mol. The lowest BCUT2D eigenvalue weighted by molar-refractivity contribution is -0.137. The summed E-state index contributed by atoms with van der Waals surface area (Å²) < 4.78 is 0. The molecular weight excluding hydrogens is 361 g/mol. The molecule has 2 N–H and O–H groups in total.